The van der Waals surface area contributed by atoms with Gasteiger partial charge in [-0.05, 0) is 19.1 Å². The second kappa shape index (κ2) is 2.91. The smallest absolute Gasteiger partial charge is 0.128 e. The molecule has 0 spiro atoms. The number of nitrogens with zero attached hydrogens (tertiary/aromatic N) is 3. The summed E-state index contributed by atoms with van der Waals surface area (Å²) >= 11 is 0. The molecule has 1 aromatic heterocycles. The third-order valence-corrected chi connectivity index (χ3v) is 2.02. The molecule has 0 saturated carbocycles. The zero-order chi connectivity index (χ0) is 9.26. The van der Waals surface area contributed by atoms with Crippen molar-refractivity contribution in [3.8, 4) is 6.07 Å². The van der Waals surface area contributed by atoms with Gasteiger partial charge in [-0.2, -0.15) is 10.4 Å². The van der Waals surface area contributed by atoms with Crippen LogP contribution >= 0.6 is 0 Å². The fraction of sp³-hybridized carbons (Fsp3) is 0.200. The molecule has 2 rings (SSSR count). The molecular formula is C10H9N3. The Labute approximate surface area is 76.2 Å². The lowest BCUT2D eigenvalue weighted by atomic mass is 10.2. The predicted molar refractivity (Wildman–Crippen MR) is 50.1 cm³/mol. The Bertz CT molecular complexity index is 476. The molecule has 64 valence electrons. The van der Waals surface area contributed by atoms with Crippen molar-refractivity contribution in [2.75, 3.05) is 0 Å². The maximum atomic E-state index is 8.54. The first kappa shape index (κ1) is 7.81. The molecule has 0 radical (unpaired) electrons. The van der Waals surface area contributed by atoms with E-state index in [4.69, 9.17) is 5.26 Å². The maximum absolute atomic E-state index is 8.54. The average Bonchev–Trinajstić information content (AvgIpc) is 2.49. The Hall–Kier alpha value is -1.82. The van der Waals surface area contributed by atoms with Gasteiger partial charge in [-0.1, -0.05) is 11.6 Å². The molecule has 0 unspecified atom stereocenters. The Morgan fingerprint density at radius 3 is 3.15 bits per heavy atom. The second-order valence-electron chi connectivity index (χ2n) is 3.02. The molecule has 3 nitrogen and oxygen atoms in total. The fourth-order valence-corrected chi connectivity index (χ4v) is 1.40. The zero-order valence-electron chi connectivity index (χ0n) is 7.36. The van der Waals surface area contributed by atoms with Crippen molar-refractivity contribution in [1.29, 1.82) is 5.26 Å². The summed E-state index contributed by atoms with van der Waals surface area (Å²) in [6.07, 6.45) is 1.79. The molecule has 0 amide bonds. The summed E-state index contributed by atoms with van der Waals surface area (Å²) in [5.74, 6) is 0. The van der Waals surface area contributed by atoms with Gasteiger partial charge in [0.1, 0.15) is 6.54 Å². The molecule has 0 aliphatic rings. The third-order valence-electron chi connectivity index (χ3n) is 2.02. The van der Waals surface area contributed by atoms with Gasteiger partial charge in [-0.25, -0.2) is 0 Å². The SMILES string of the molecule is Cc1ccc2c(cnn2CC#N)c1. The van der Waals surface area contributed by atoms with E-state index in [9.17, 15) is 0 Å². The van der Waals surface area contributed by atoms with E-state index >= 15 is 0 Å². The van der Waals surface area contributed by atoms with E-state index in [1.165, 1.54) is 5.56 Å². The normalized spacial score (nSPS) is 10.2. The standard InChI is InChI=1S/C10H9N3/c1-8-2-3-10-9(6-8)7-12-13(10)5-4-11/h2-3,6-7H,5H2,1H3. The van der Waals surface area contributed by atoms with Gasteiger partial charge < -0.3 is 0 Å². The zero-order valence-corrected chi connectivity index (χ0v) is 7.36. The number of aryl methyl sites for hydroxylation is 1. The quantitative estimate of drug-likeness (QED) is 0.657. The highest BCUT2D eigenvalue weighted by molar-refractivity contribution is 5.79. The highest BCUT2D eigenvalue weighted by atomic mass is 15.3. The Balaban J connectivity index is 2.63. The van der Waals surface area contributed by atoms with Crippen molar-refractivity contribution in [3.63, 3.8) is 0 Å². The van der Waals surface area contributed by atoms with Crippen molar-refractivity contribution in [1.82, 2.24) is 9.78 Å². The van der Waals surface area contributed by atoms with Gasteiger partial charge in [0.05, 0.1) is 17.8 Å². The molecule has 0 bridgehead atoms. The summed E-state index contributed by atoms with van der Waals surface area (Å²) in [5.41, 5.74) is 2.23. The highest BCUT2D eigenvalue weighted by Crippen LogP contribution is 2.14. The lowest BCUT2D eigenvalue weighted by molar-refractivity contribution is 0.736. The van der Waals surface area contributed by atoms with E-state index < -0.39 is 0 Å². The maximum Gasteiger partial charge on any atom is 0.128 e. The Morgan fingerprint density at radius 1 is 1.54 bits per heavy atom. The van der Waals surface area contributed by atoms with Crippen molar-refractivity contribution < 1.29 is 0 Å². The molecule has 0 aliphatic heterocycles. The number of fused-ring (bicyclic) bond motifs is 1. The molecular weight excluding hydrogens is 162 g/mol. The van der Waals surface area contributed by atoms with E-state index in [-0.39, 0.29) is 0 Å². The van der Waals surface area contributed by atoms with Crippen LogP contribution in [0.25, 0.3) is 10.9 Å². The van der Waals surface area contributed by atoms with Crippen LogP contribution in [0.3, 0.4) is 0 Å². The van der Waals surface area contributed by atoms with Crippen LogP contribution in [-0.4, -0.2) is 9.78 Å². The van der Waals surface area contributed by atoms with Gasteiger partial charge in [-0.3, -0.25) is 4.68 Å². The summed E-state index contributed by atoms with van der Waals surface area (Å²) in [7, 11) is 0. The molecule has 3 heteroatoms. The largest absolute Gasteiger partial charge is 0.251 e. The topological polar surface area (TPSA) is 41.6 Å². The predicted octanol–water partition coefficient (Wildman–Crippen LogP) is 1.87. The summed E-state index contributed by atoms with van der Waals surface area (Å²) in [5, 5.41) is 13.8. The summed E-state index contributed by atoms with van der Waals surface area (Å²) in [4.78, 5) is 0. The monoisotopic (exact) mass is 171 g/mol. The second-order valence-corrected chi connectivity index (χ2v) is 3.02. The first-order valence-electron chi connectivity index (χ1n) is 4.10. The van der Waals surface area contributed by atoms with Gasteiger partial charge >= 0.3 is 0 Å². The van der Waals surface area contributed by atoms with Crippen LogP contribution in [0.4, 0.5) is 0 Å². The molecule has 0 aliphatic carbocycles. The summed E-state index contributed by atoms with van der Waals surface area (Å²) in [6, 6.07) is 8.16. The van der Waals surface area contributed by atoms with Gasteiger partial charge in [0, 0.05) is 5.39 Å². The van der Waals surface area contributed by atoms with Crippen molar-refractivity contribution in [3.05, 3.63) is 30.0 Å². The van der Waals surface area contributed by atoms with Crippen molar-refractivity contribution in [2.24, 2.45) is 0 Å². The van der Waals surface area contributed by atoms with E-state index in [1.54, 1.807) is 10.9 Å². The molecule has 0 N–H and O–H groups in total. The minimum Gasteiger partial charge on any atom is -0.251 e. The van der Waals surface area contributed by atoms with E-state index in [1.807, 2.05) is 19.1 Å². The molecule has 13 heavy (non-hydrogen) atoms. The molecule has 1 heterocycles. The van der Waals surface area contributed by atoms with Crippen LogP contribution in [0.15, 0.2) is 24.4 Å². The molecule has 0 fully saturated rings. The van der Waals surface area contributed by atoms with Crippen molar-refractivity contribution >= 4 is 10.9 Å². The molecule has 2 aromatic rings. The molecule has 0 saturated heterocycles. The van der Waals surface area contributed by atoms with Gasteiger partial charge in [0.2, 0.25) is 0 Å². The van der Waals surface area contributed by atoms with Crippen LogP contribution in [0, 0.1) is 18.3 Å². The van der Waals surface area contributed by atoms with Gasteiger partial charge in [0.15, 0.2) is 0 Å². The average molecular weight is 171 g/mol. The van der Waals surface area contributed by atoms with E-state index in [0.717, 1.165) is 10.9 Å². The number of aromatic nitrogens is 2. The minimum absolute atomic E-state index is 0.312. The number of nitriles is 1. The van der Waals surface area contributed by atoms with Crippen LogP contribution in [-0.2, 0) is 6.54 Å². The lowest BCUT2D eigenvalue weighted by Crippen LogP contribution is -1.96. The van der Waals surface area contributed by atoms with Gasteiger partial charge in [-0.15, -0.1) is 0 Å². The number of hydrogen-bond donors (Lipinski definition) is 0. The van der Waals surface area contributed by atoms with Crippen LogP contribution in [0.5, 0.6) is 0 Å². The lowest BCUT2D eigenvalue weighted by Gasteiger charge is -1.96. The molecule has 0 atom stereocenters. The summed E-state index contributed by atoms with van der Waals surface area (Å²) in [6.45, 7) is 2.35. The molecule has 1 aromatic carbocycles. The first-order chi connectivity index (χ1) is 6.31. The number of benzene rings is 1. The minimum atomic E-state index is 0.312. The van der Waals surface area contributed by atoms with E-state index in [0.29, 0.717) is 6.54 Å². The number of hydrogen-bond acceptors (Lipinski definition) is 2. The Morgan fingerprint density at radius 2 is 2.38 bits per heavy atom. The summed E-state index contributed by atoms with van der Waals surface area (Å²) < 4.78 is 1.70. The fourth-order valence-electron chi connectivity index (χ4n) is 1.40. The van der Waals surface area contributed by atoms with Crippen molar-refractivity contribution in [2.45, 2.75) is 13.5 Å². The van der Waals surface area contributed by atoms with Crippen LogP contribution in [0.2, 0.25) is 0 Å². The number of rotatable bonds is 1. The van der Waals surface area contributed by atoms with Crippen LogP contribution in [0.1, 0.15) is 5.56 Å². The van der Waals surface area contributed by atoms with Crippen LogP contribution < -0.4 is 0 Å². The first-order valence-corrected chi connectivity index (χ1v) is 4.10. The van der Waals surface area contributed by atoms with E-state index in [2.05, 4.69) is 17.2 Å². The third kappa shape index (κ3) is 1.27. The highest BCUT2D eigenvalue weighted by Gasteiger charge is 2.00. The van der Waals surface area contributed by atoms with Gasteiger partial charge in [0.25, 0.3) is 0 Å². The Kier molecular flexibility index (Phi) is 1.75.